The van der Waals surface area contributed by atoms with Crippen molar-refractivity contribution in [3.8, 4) is 5.75 Å². The van der Waals surface area contributed by atoms with Crippen LogP contribution in [0.15, 0.2) is 36.4 Å². The van der Waals surface area contributed by atoms with Gasteiger partial charge in [-0.3, -0.25) is 9.59 Å². The molecule has 1 unspecified atom stereocenters. The van der Waals surface area contributed by atoms with Gasteiger partial charge in [-0.05, 0) is 54.8 Å². The Balaban J connectivity index is 2.22. The molecule has 0 aliphatic heterocycles. The fourth-order valence-corrected chi connectivity index (χ4v) is 3.29. The van der Waals surface area contributed by atoms with Gasteiger partial charge in [0.1, 0.15) is 11.8 Å². The third-order valence-corrected chi connectivity index (χ3v) is 5.62. The van der Waals surface area contributed by atoms with Gasteiger partial charge in [0.05, 0.1) is 10.0 Å². The average molecular weight is 458 g/mol. The number of benzene rings is 2. The summed E-state index contributed by atoms with van der Waals surface area (Å²) in [5, 5.41) is 4.04. The molecule has 2 aromatic rings. The first-order valence-electron chi connectivity index (χ1n) is 9.10. The molecule has 5 nitrogen and oxygen atoms in total. The summed E-state index contributed by atoms with van der Waals surface area (Å²) in [4.78, 5) is 26.8. The van der Waals surface area contributed by atoms with Crippen LogP contribution in [0.4, 0.5) is 0 Å². The van der Waals surface area contributed by atoms with Crippen LogP contribution in [-0.2, 0) is 16.1 Å². The van der Waals surface area contributed by atoms with Crippen LogP contribution in [0.5, 0.6) is 5.75 Å². The second kappa shape index (κ2) is 10.7. The van der Waals surface area contributed by atoms with E-state index in [1.165, 1.54) is 4.90 Å². The highest BCUT2D eigenvalue weighted by atomic mass is 35.5. The van der Waals surface area contributed by atoms with Crippen molar-refractivity contribution in [2.75, 3.05) is 13.7 Å². The molecule has 0 saturated carbocycles. The second-order valence-corrected chi connectivity index (χ2v) is 7.73. The van der Waals surface area contributed by atoms with Crippen molar-refractivity contribution in [1.82, 2.24) is 10.2 Å². The maximum absolute atomic E-state index is 13.0. The molecule has 8 heteroatoms. The molecule has 0 saturated heterocycles. The van der Waals surface area contributed by atoms with Gasteiger partial charge in [0.2, 0.25) is 5.91 Å². The average Bonchev–Trinajstić information content (AvgIpc) is 2.70. The SMILES string of the molecule is CCC(C(=O)NC)N(Cc1ccc(Cl)c(Cl)c1)C(=O)COc1ccc(Cl)c(C)c1. The maximum atomic E-state index is 13.0. The Bertz CT molecular complexity index is 889. The van der Waals surface area contributed by atoms with Crippen LogP contribution < -0.4 is 10.1 Å². The lowest BCUT2D eigenvalue weighted by molar-refractivity contribution is -0.142. The summed E-state index contributed by atoms with van der Waals surface area (Å²) in [7, 11) is 1.54. The van der Waals surface area contributed by atoms with Crippen LogP contribution >= 0.6 is 34.8 Å². The fourth-order valence-electron chi connectivity index (χ4n) is 2.86. The zero-order chi connectivity index (χ0) is 21.6. The lowest BCUT2D eigenvalue weighted by atomic mass is 10.1. The van der Waals surface area contributed by atoms with Crippen LogP contribution in [0.2, 0.25) is 15.1 Å². The van der Waals surface area contributed by atoms with Crippen LogP contribution in [-0.4, -0.2) is 36.4 Å². The Morgan fingerprint density at radius 2 is 1.76 bits per heavy atom. The largest absolute Gasteiger partial charge is 0.484 e. The van der Waals surface area contributed by atoms with Crippen molar-refractivity contribution in [2.24, 2.45) is 0 Å². The summed E-state index contributed by atoms with van der Waals surface area (Å²) in [6.45, 7) is 3.69. The number of aryl methyl sites for hydroxylation is 1. The molecule has 0 heterocycles. The van der Waals surface area contributed by atoms with Gasteiger partial charge in [0.15, 0.2) is 6.61 Å². The Morgan fingerprint density at radius 3 is 2.34 bits per heavy atom. The van der Waals surface area contributed by atoms with Gasteiger partial charge in [-0.15, -0.1) is 0 Å². The molecule has 156 valence electrons. The van der Waals surface area contributed by atoms with Crippen LogP contribution in [0.1, 0.15) is 24.5 Å². The number of amides is 2. The summed E-state index contributed by atoms with van der Waals surface area (Å²) in [5.41, 5.74) is 1.61. The summed E-state index contributed by atoms with van der Waals surface area (Å²) in [6, 6.07) is 9.65. The predicted molar refractivity (Wildman–Crippen MR) is 117 cm³/mol. The molecule has 2 rings (SSSR count). The lowest BCUT2D eigenvalue weighted by Gasteiger charge is -2.30. The van der Waals surface area contributed by atoms with Crippen molar-refractivity contribution < 1.29 is 14.3 Å². The molecule has 29 heavy (non-hydrogen) atoms. The summed E-state index contributed by atoms with van der Waals surface area (Å²) < 4.78 is 5.64. The minimum atomic E-state index is -0.641. The lowest BCUT2D eigenvalue weighted by Crippen LogP contribution is -2.49. The first-order chi connectivity index (χ1) is 13.8. The van der Waals surface area contributed by atoms with Crippen LogP contribution in [0.25, 0.3) is 0 Å². The predicted octanol–water partition coefficient (Wildman–Crippen LogP) is 4.89. The Kier molecular flexibility index (Phi) is 8.62. The van der Waals surface area contributed by atoms with Crippen molar-refractivity contribution in [3.05, 3.63) is 62.6 Å². The van der Waals surface area contributed by atoms with Crippen molar-refractivity contribution in [3.63, 3.8) is 0 Å². The normalized spacial score (nSPS) is 11.7. The quantitative estimate of drug-likeness (QED) is 0.614. The van der Waals surface area contributed by atoms with Crippen molar-refractivity contribution in [2.45, 2.75) is 32.9 Å². The number of hydrogen-bond acceptors (Lipinski definition) is 3. The van der Waals surface area contributed by atoms with Gasteiger partial charge in [-0.2, -0.15) is 0 Å². The van der Waals surface area contributed by atoms with E-state index in [1.54, 1.807) is 43.4 Å². The fraction of sp³-hybridized carbons (Fsp3) is 0.333. The number of halogens is 3. The smallest absolute Gasteiger partial charge is 0.261 e. The molecule has 0 radical (unpaired) electrons. The number of rotatable bonds is 8. The third-order valence-electron chi connectivity index (χ3n) is 4.46. The minimum absolute atomic E-state index is 0.199. The van der Waals surface area contributed by atoms with Gasteiger partial charge in [-0.25, -0.2) is 0 Å². The molecule has 0 aliphatic carbocycles. The molecule has 2 amide bonds. The number of hydrogen-bond donors (Lipinski definition) is 1. The van der Waals surface area contributed by atoms with E-state index >= 15 is 0 Å². The maximum Gasteiger partial charge on any atom is 0.261 e. The summed E-state index contributed by atoms with van der Waals surface area (Å²) in [5.74, 6) is -0.0369. The van der Waals surface area contributed by atoms with Gasteiger partial charge < -0.3 is 15.0 Å². The van der Waals surface area contributed by atoms with E-state index in [4.69, 9.17) is 39.5 Å². The molecule has 2 aromatic carbocycles. The molecule has 0 aliphatic rings. The number of carbonyl (C=O) groups is 2. The topological polar surface area (TPSA) is 58.6 Å². The summed E-state index contributed by atoms with van der Waals surface area (Å²) in [6.07, 6.45) is 0.451. The monoisotopic (exact) mass is 456 g/mol. The highest BCUT2D eigenvalue weighted by Gasteiger charge is 2.28. The van der Waals surface area contributed by atoms with Gasteiger partial charge in [0.25, 0.3) is 5.91 Å². The molecule has 0 bridgehead atoms. The van der Waals surface area contributed by atoms with E-state index < -0.39 is 6.04 Å². The molecule has 1 atom stereocenters. The molecule has 0 fully saturated rings. The van der Waals surface area contributed by atoms with Crippen LogP contribution in [0, 0.1) is 6.92 Å². The molecular formula is C21H23Cl3N2O3. The van der Waals surface area contributed by atoms with Gasteiger partial charge in [-0.1, -0.05) is 47.8 Å². The minimum Gasteiger partial charge on any atom is -0.484 e. The van der Waals surface area contributed by atoms with Gasteiger partial charge >= 0.3 is 0 Å². The number of ether oxygens (including phenoxy) is 1. The Hall–Kier alpha value is -1.95. The highest BCUT2D eigenvalue weighted by Crippen LogP contribution is 2.24. The zero-order valence-corrected chi connectivity index (χ0v) is 18.7. The molecule has 0 spiro atoms. The zero-order valence-electron chi connectivity index (χ0n) is 16.5. The standard InChI is InChI=1S/C21H23Cl3N2O3/c1-4-19(21(28)25-3)26(11-14-5-7-17(23)18(24)10-14)20(27)12-29-15-6-8-16(22)13(2)9-15/h5-10,19H,4,11-12H2,1-3H3,(H,25,28). The van der Waals surface area contributed by atoms with E-state index in [1.807, 2.05) is 13.8 Å². The van der Waals surface area contributed by atoms with E-state index in [0.717, 1.165) is 11.1 Å². The molecular weight excluding hydrogens is 435 g/mol. The second-order valence-electron chi connectivity index (χ2n) is 6.51. The van der Waals surface area contributed by atoms with Crippen molar-refractivity contribution >= 4 is 46.6 Å². The van der Waals surface area contributed by atoms with E-state index in [-0.39, 0.29) is 25.0 Å². The van der Waals surface area contributed by atoms with E-state index in [9.17, 15) is 9.59 Å². The van der Waals surface area contributed by atoms with E-state index in [0.29, 0.717) is 27.2 Å². The van der Waals surface area contributed by atoms with Crippen molar-refractivity contribution in [1.29, 1.82) is 0 Å². The number of likely N-dealkylation sites (N-methyl/N-ethyl adjacent to an activating group) is 1. The summed E-state index contributed by atoms with van der Waals surface area (Å²) >= 11 is 18.1. The first-order valence-corrected chi connectivity index (χ1v) is 10.2. The highest BCUT2D eigenvalue weighted by molar-refractivity contribution is 6.42. The molecule has 1 N–H and O–H groups in total. The van der Waals surface area contributed by atoms with Gasteiger partial charge in [0, 0.05) is 18.6 Å². The molecule has 0 aromatic heterocycles. The Morgan fingerprint density at radius 1 is 1.07 bits per heavy atom. The van der Waals surface area contributed by atoms with Crippen LogP contribution in [0.3, 0.4) is 0 Å². The Labute approximate surface area is 185 Å². The number of nitrogens with zero attached hydrogens (tertiary/aromatic N) is 1. The number of carbonyl (C=O) groups excluding carboxylic acids is 2. The number of nitrogens with one attached hydrogen (secondary N) is 1. The van der Waals surface area contributed by atoms with E-state index in [2.05, 4.69) is 5.32 Å². The third kappa shape index (κ3) is 6.26. The first kappa shape index (κ1) is 23.3.